The number of hydrogen-bond donors (Lipinski definition) is 1. The van der Waals surface area contributed by atoms with Gasteiger partial charge in [-0.25, -0.2) is 0 Å². The van der Waals surface area contributed by atoms with Crippen LogP contribution in [0.1, 0.15) is 30.9 Å². The van der Waals surface area contributed by atoms with Crippen molar-refractivity contribution in [3.05, 3.63) is 35.4 Å². The Hall–Kier alpha value is -1.56. The number of nitrogens with zero attached hydrogens (tertiary/aromatic N) is 1. The Bertz CT molecular complexity index is 530. The molecule has 122 valence electrons. The molecule has 0 aliphatic carbocycles. The minimum absolute atomic E-state index is 0.00533. The average molecular weight is 314 g/mol. The van der Waals surface area contributed by atoms with Crippen molar-refractivity contribution in [1.82, 2.24) is 10.2 Å². The Morgan fingerprint density at radius 3 is 2.77 bits per heavy atom. The summed E-state index contributed by atoms with van der Waals surface area (Å²) in [5, 5.41) is 3.28. The Morgan fingerprint density at radius 1 is 1.41 bits per heavy atom. The molecule has 6 heteroatoms. The number of carbonyl (C=O) groups is 1. The molecule has 2 rings (SSSR count). The summed E-state index contributed by atoms with van der Waals surface area (Å²) in [6.45, 7) is 3.03. The van der Waals surface area contributed by atoms with Gasteiger partial charge in [0.25, 0.3) is 0 Å². The molecule has 1 saturated heterocycles. The minimum atomic E-state index is -4.36. The summed E-state index contributed by atoms with van der Waals surface area (Å²) in [5.41, 5.74) is -0.186. The highest BCUT2D eigenvalue weighted by atomic mass is 19.4. The van der Waals surface area contributed by atoms with E-state index in [0.717, 1.165) is 31.5 Å². The second kappa shape index (κ2) is 6.69. The maximum absolute atomic E-state index is 12.7. The second-order valence-electron chi connectivity index (χ2n) is 5.97. The fourth-order valence-corrected chi connectivity index (χ4v) is 2.87. The van der Waals surface area contributed by atoms with Crippen LogP contribution in [-0.4, -0.2) is 30.4 Å². The Balaban J connectivity index is 2.02. The lowest BCUT2D eigenvalue weighted by Crippen LogP contribution is -2.42. The van der Waals surface area contributed by atoms with Crippen molar-refractivity contribution in [2.45, 2.75) is 38.5 Å². The van der Waals surface area contributed by atoms with E-state index in [4.69, 9.17) is 0 Å². The molecule has 1 aliphatic rings. The summed E-state index contributed by atoms with van der Waals surface area (Å²) in [6.07, 6.45) is -2.81. The molecule has 2 atom stereocenters. The van der Waals surface area contributed by atoms with Gasteiger partial charge in [-0.05, 0) is 44.0 Å². The first kappa shape index (κ1) is 16.8. The van der Waals surface area contributed by atoms with Crippen LogP contribution in [0, 0.1) is 5.92 Å². The number of carbonyl (C=O) groups excluding carboxylic acids is 1. The standard InChI is InChI=1S/C16H21F3N2O/c1-11-8-13(6-7-20-11)15(22)21(2)10-12-4-3-5-14(9-12)16(17,18)19/h3-5,9,11,13,20H,6-8,10H2,1-2H3/t11-,13-/m0/s1. The smallest absolute Gasteiger partial charge is 0.341 e. The zero-order valence-corrected chi connectivity index (χ0v) is 12.8. The van der Waals surface area contributed by atoms with Crippen LogP contribution in [0.5, 0.6) is 0 Å². The summed E-state index contributed by atoms with van der Waals surface area (Å²) < 4.78 is 38.1. The van der Waals surface area contributed by atoms with E-state index in [1.807, 2.05) is 6.92 Å². The van der Waals surface area contributed by atoms with Gasteiger partial charge in [0.05, 0.1) is 5.56 Å². The number of hydrogen-bond acceptors (Lipinski definition) is 2. The van der Waals surface area contributed by atoms with Crippen molar-refractivity contribution in [2.75, 3.05) is 13.6 Å². The van der Waals surface area contributed by atoms with Gasteiger partial charge in [0.2, 0.25) is 5.91 Å². The number of alkyl halides is 3. The number of benzene rings is 1. The summed E-state index contributed by atoms with van der Waals surface area (Å²) in [7, 11) is 1.65. The normalized spacial score (nSPS) is 22.4. The van der Waals surface area contributed by atoms with E-state index in [1.165, 1.54) is 11.0 Å². The largest absolute Gasteiger partial charge is 0.416 e. The maximum Gasteiger partial charge on any atom is 0.416 e. The molecular formula is C16H21F3N2O. The molecule has 0 unspecified atom stereocenters. The molecule has 1 fully saturated rings. The van der Waals surface area contributed by atoms with Crippen molar-refractivity contribution in [1.29, 1.82) is 0 Å². The highest BCUT2D eigenvalue weighted by molar-refractivity contribution is 5.78. The van der Waals surface area contributed by atoms with Crippen LogP contribution in [0.2, 0.25) is 0 Å². The van der Waals surface area contributed by atoms with Gasteiger partial charge in [-0.3, -0.25) is 4.79 Å². The number of nitrogens with one attached hydrogen (secondary N) is 1. The van der Waals surface area contributed by atoms with Gasteiger partial charge in [-0.1, -0.05) is 12.1 Å². The third kappa shape index (κ3) is 4.22. The van der Waals surface area contributed by atoms with Crippen LogP contribution >= 0.6 is 0 Å². The van der Waals surface area contributed by atoms with Gasteiger partial charge >= 0.3 is 6.18 Å². The first-order chi connectivity index (χ1) is 10.3. The van der Waals surface area contributed by atoms with E-state index < -0.39 is 11.7 Å². The summed E-state index contributed by atoms with van der Waals surface area (Å²) in [5.74, 6) is -0.0437. The van der Waals surface area contributed by atoms with Crippen LogP contribution in [0.25, 0.3) is 0 Å². The minimum Gasteiger partial charge on any atom is -0.341 e. The molecule has 1 aromatic rings. The predicted octanol–water partition coefficient (Wildman–Crippen LogP) is 3.05. The lowest BCUT2D eigenvalue weighted by Gasteiger charge is -2.30. The highest BCUT2D eigenvalue weighted by Crippen LogP contribution is 2.30. The van der Waals surface area contributed by atoms with Crippen LogP contribution < -0.4 is 5.32 Å². The molecule has 3 nitrogen and oxygen atoms in total. The lowest BCUT2D eigenvalue weighted by atomic mass is 9.92. The summed E-state index contributed by atoms with van der Waals surface area (Å²) >= 11 is 0. The number of piperidine rings is 1. The molecule has 0 spiro atoms. The average Bonchev–Trinajstić information content (AvgIpc) is 2.46. The molecule has 0 bridgehead atoms. The molecule has 1 heterocycles. The Morgan fingerprint density at radius 2 is 2.14 bits per heavy atom. The molecule has 1 aromatic carbocycles. The first-order valence-electron chi connectivity index (χ1n) is 7.42. The predicted molar refractivity (Wildman–Crippen MR) is 78.1 cm³/mol. The summed E-state index contributed by atoms with van der Waals surface area (Å²) in [6, 6.07) is 5.44. The maximum atomic E-state index is 12.7. The zero-order valence-electron chi connectivity index (χ0n) is 12.8. The van der Waals surface area contributed by atoms with E-state index in [9.17, 15) is 18.0 Å². The van der Waals surface area contributed by atoms with E-state index in [0.29, 0.717) is 11.6 Å². The third-order valence-electron chi connectivity index (χ3n) is 4.02. The van der Waals surface area contributed by atoms with Gasteiger partial charge < -0.3 is 10.2 Å². The SMILES string of the molecule is C[C@H]1C[C@@H](C(=O)N(C)Cc2cccc(C(F)(F)F)c2)CCN1. The van der Waals surface area contributed by atoms with Crippen LogP contribution in [0.3, 0.4) is 0 Å². The fraction of sp³-hybridized carbons (Fsp3) is 0.562. The summed E-state index contributed by atoms with van der Waals surface area (Å²) in [4.78, 5) is 13.9. The Kier molecular flexibility index (Phi) is 5.11. The number of amides is 1. The second-order valence-corrected chi connectivity index (χ2v) is 5.97. The van der Waals surface area contributed by atoms with Gasteiger partial charge in [-0.2, -0.15) is 13.2 Å². The van der Waals surface area contributed by atoms with Crippen molar-refractivity contribution in [3.63, 3.8) is 0 Å². The molecule has 1 amide bonds. The van der Waals surface area contributed by atoms with Crippen molar-refractivity contribution in [2.24, 2.45) is 5.92 Å². The topological polar surface area (TPSA) is 32.3 Å². The number of halogens is 3. The van der Waals surface area contributed by atoms with E-state index in [1.54, 1.807) is 13.1 Å². The highest BCUT2D eigenvalue weighted by Gasteiger charge is 2.31. The molecule has 0 saturated carbocycles. The first-order valence-corrected chi connectivity index (χ1v) is 7.42. The van der Waals surface area contributed by atoms with Crippen molar-refractivity contribution >= 4 is 5.91 Å². The van der Waals surface area contributed by atoms with Gasteiger partial charge in [-0.15, -0.1) is 0 Å². The van der Waals surface area contributed by atoms with Crippen LogP contribution in [-0.2, 0) is 17.5 Å². The van der Waals surface area contributed by atoms with E-state index in [-0.39, 0.29) is 18.4 Å². The van der Waals surface area contributed by atoms with Crippen molar-refractivity contribution in [3.8, 4) is 0 Å². The zero-order chi connectivity index (χ0) is 16.3. The van der Waals surface area contributed by atoms with Gasteiger partial charge in [0.1, 0.15) is 0 Å². The molecule has 22 heavy (non-hydrogen) atoms. The molecule has 0 radical (unpaired) electrons. The van der Waals surface area contributed by atoms with Crippen LogP contribution in [0.15, 0.2) is 24.3 Å². The van der Waals surface area contributed by atoms with Gasteiger partial charge in [0, 0.05) is 25.6 Å². The molecule has 1 aliphatic heterocycles. The molecule has 0 aromatic heterocycles. The van der Waals surface area contributed by atoms with Crippen molar-refractivity contribution < 1.29 is 18.0 Å². The molecular weight excluding hydrogens is 293 g/mol. The monoisotopic (exact) mass is 314 g/mol. The lowest BCUT2D eigenvalue weighted by molar-refractivity contribution is -0.137. The van der Waals surface area contributed by atoms with E-state index >= 15 is 0 Å². The molecule has 1 N–H and O–H groups in total. The number of rotatable bonds is 3. The third-order valence-corrected chi connectivity index (χ3v) is 4.02. The quantitative estimate of drug-likeness (QED) is 0.930. The van der Waals surface area contributed by atoms with Crippen LogP contribution in [0.4, 0.5) is 13.2 Å². The van der Waals surface area contributed by atoms with Gasteiger partial charge in [0.15, 0.2) is 0 Å². The van der Waals surface area contributed by atoms with E-state index in [2.05, 4.69) is 5.32 Å². The Labute approximate surface area is 128 Å². The fourth-order valence-electron chi connectivity index (χ4n) is 2.87.